The van der Waals surface area contributed by atoms with Gasteiger partial charge in [-0.25, -0.2) is 0 Å². The van der Waals surface area contributed by atoms with Crippen LogP contribution in [0.15, 0.2) is 54.6 Å². The molecule has 2 aromatic rings. The van der Waals surface area contributed by atoms with E-state index in [1.165, 1.54) is 0 Å². The molecule has 0 amide bonds. The van der Waals surface area contributed by atoms with Crippen LogP contribution < -0.4 is 5.73 Å². The SMILES string of the molecule is N#Cc1ccc(CC(CC(O)C(N)Cc2ccccc2)C(=O)O)cc1. The normalized spacial score (nSPS) is 14.3. The maximum Gasteiger partial charge on any atom is 0.306 e. The first-order valence-corrected chi connectivity index (χ1v) is 8.19. The molecule has 0 aliphatic rings. The summed E-state index contributed by atoms with van der Waals surface area (Å²) in [4.78, 5) is 11.5. The number of nitrogens with two attached hydrogens (primary N) is 1. The predicted molar refractivity (Wildman–Crippen MR) is 94.7 cm³/mol. The molecule has 0 spiro atoms. The Kier molecular flexibility index (Phi) is 6.70. The minimum atomic E-state index is -0.963. The molecule has 0 saturated carbocycles. The molecule has 0 aliphatic carbocycles. The summed E-state index contributed by atoms with van der Waals surface area (Å²) in [6.45, 7) is 0. The van der Waals surface area contributed by atoms with E-state index in [1.807, 2.05) is 36.4 Å². The van der Waals surface area contributed by atoms with Gasteiger partial charge in [0.2, 0.25) is 0 Å². The fourth-order valence-corrected chi connectivity index (χ4v) is 2.76. The van der Waals surface area contributed by atoms with Crippen molar-refractivity contribution in [2.24, 2.45) is 11.7 Å². The molecular weight excluding hydrogens is 316 g/mol. The van der Waals surface area contributed by atoms with Gasteiger partial charge in [-0.15, -0.1) is 0 Å². The Hall–Kier alpha value is -2.68. The lowest BCUT2D eigenvalue weighted by atomic mass is 9.89. The smallest absolute Gasteiger partial charge is 0.306 e. The molecule has 4 N–H and O–H groups in total. The summed E-state index contributed by atoms with van der Waals surface area (Å²) >= 11 is 0. The molecule has 0 fully saturated rings. The van der Waals surface area contributed by atoms with E-state index in [-0.39, 0.29) is 12.8 Å². The second kappa shape index (κ2) is 8.97. The van der Waals surface area contributed by atoms with Crippen LogP contribution in [0.3, 0.4) is 0 Å². The molecule has 3 atom stereocenters. The van der Waals surface area contributed by atoms with Gasteiger partial charge in [-0.05, 0) is 42.5 Å². The number of benzene rings is 2. The Morgan fingerprint density at radius 1 is 1.04 bits per heavy atom. The van der Waals surface area contributed by atoms with Crippen molar-refractivity contribution in [2.75, 3.05) is 0 Å². The third-order valence-corrected chi connectivity index (χ3v) is 4.25. The Balaban J connectivity index is 1.97. The number of aliphatic carboxylic acids is 1. The maximum atomic E-state index is 11.5. The van der Waals surface area contributed by atoms with Gasteiger partial charge in [-0.3, -0.25) is 4.79 Å². The van der Waals surface area contributed by atoms with E-state index in [0.717, 1.165) is 11.1 Å². The molecule has 0 saturated heterocycles. The molecule has 0 heterocycles. The number of rotatable bonds is 8. The van der Waals surface area contributed by atoms with Crippen molar-refractivity contribution in [3.63, 3.8) is 0 Å². The van der Waals surface area contributed by atoms with Crippen LogP contribution in [0.2, 0.25) is 0 Å². The van der Waals surface area contributed by atoms with E-state index >= 15 is 0 Å². The highest BCUT2D eigenvalue weighted by molar-refractivity contribution is 5.70. The molecule has 130 valence electrons. The van der Waals surface area contributed by atoms with Crippen molar-refractivity contribution in [2.45, 2.75) is 31.4 Å². The topological polar surface area (TPSA) is 107 Å². The lowest BCUT2D eigenvalue weighted by molar-refractivity contribution is -0.142. The summed E-state index contributed by atoms with van der Waals surface area (Å²) in [5.74, 6) is -1.69. The fourth-order valence-electron chi connectivity index (χ4n) is 2.76. The van der Waals surface area contributed by atoms with E-state index in [0.29, 0.717) is 12.0 Å². The third-order valence-electron chi connectivity index (χ3n) is 4.25. The van der Waals surface area contributed by atoms with Crippen molar-refractivity contribution in [3.8, 4) is 6.07 Å². The molecule has 0 aromatic heterocycles. The van der Waals surface area contributed by atoms with Gasteiger partial charge in [0.25, 0.3) is 0 Å². The Morgan fingerprint density at radius 3 is 2.20 bits per heavy atom. The molecule has 0 bridgehead atoms. The monoisotopic (exact) mass is 338 g/mol. The van der Waals surface area contributed by atoms with Crippen LogP contribution in [0.4, 0.5) is 0 Å². The zero-order chi connectivity index (χ0) is 18.2. The molecule has 2 rings (SSSR count). The summed E-state index contributed by atoms with van der Waals surface area (Å²) in [5.41, 5.74) is 8.40. The third kappa shape index (κ3) is 5.71. The average Bonchev–Trinajstić information content (AvgIpc) is 2.62. The number of aliphatic hydroxyl groups excluding tert-OH is 1. The molecule has 3 unspecified atom stereocenters. The number of nitriles is 1. The molecular formula is C20H22N2O3. The van der Waals surface area contributed by atoms with Crippen LogP contribution in [-0.4, -0.2) is 28.3 Å². The van der Waals surface area contributed by atoms with Gasteiger partial charge in [-0.2, -0.15) is 5.26 Å². The predicted octanol–water partition coefficient (Wildman–Crippen LogP) is 2.12. The first kappa shape index (κ1) is 18.7. The highest BCUT2D eigenvalue weighted by Gasteiger charge is 2.25. The number of aliphatic hydroxyl groups is 1. The number of carbonyl (C=O) groups is 1. The van der Waals surface area contributed by atoms with E-state index in [2.05, 4.69) is 0 Å². The molecule has 5 nitrogen and oxygen atoms in total. The first-order valence-electron chi connectivity index (χ1n) is 8.19. The Morgan fingerprint density at radius 2 is 1.64 bits per heavy atom. The zero-order valence-electron chi connectivity index (χ0n) is 13.9. The van der Waals surface area contributed by atoms with E-state index < -0.39 is 24.0 Å². The molecule has 2 aromatic carbocycles. The summed E-state index contributed by atoms with van der Waals surface area (Å²) in [6, 6.07) is 17.9. The number of hydrogen-bond donors (Lipinski definition) is 3. The lowest BCUT2D eigenvalue weighted by Gasteiger charge is -2.22. The molecule has 0 aliphatic heterocycles. The standard InChI is InChI=1S/C20H22N2O3/c21-13-16-8-6-15(7-9-16)10-17(20(24)25)12-19(23)18(22)11-14-4-2-1-3-5-14/h1-9,17-19,23H,10-12,22H2,(H,24,25). The fraction of sp³-hybridized carbons (Fsp3) is 0.300. The van der Waals surface area contributed by atoms with Crippen LogP contribution in [0.5, 0.6) is 0 Å². The quantitative estimate of drug-likeness (QED) is 0.683. The van der Waals surface area contributed by atoms with Gasteiger partial charge in [-0.1, -0.05) is 42.5 Å². The van der Waals surface area contributed by atoms with E-state index in [4.69, 9.17) is 11.0 Å². The molecule has 0 radical (unpaired) electrons. The highest BCUT2D eigenvalue weighted by atomic mass is 16.4. The second-order valence-electron chi connectivity index (χ2n) is 6.20. The van der Waals surface area contributed by atoms with Gasteiger partial charge in [0.05, 0.1) is 23.7 Å². The minimum absolute atomic E-state index is 0.0866. The zero-order valence-corrected chi connectivity index (χ0v) is 13.9. The number of carboxylic acid groups (broad SMARTS) is 1. The van der Waals surface area contributed by atoms with Crippen LogP contribution >= 0.6 is 0 Å². The molecule has 5 heteroatoms. The van der Waals surface area contributed by atoms with E-state index in [9.17, 15) is 15.0 Å². The maximum absolute atomic E-state index is 11.5. The van der Waals surface area contributed by atoms with Crippen LogP contribution in [0, 0.1) is 17.2 Å². The van der Waals surface area contributed by atoms with Gasteiger partial charge in [0.15, 0.2) is 0 Å². The van der Waals surface area contributed by atoms with Crippen molar-refractivity contribution in [1.29, 1.82) is 5.26 Å². The van der Waals surface area contributed by atoms with Crippen molar-refractivity contribution >= 4 is 5.97 Å². The lowest BCUT2D eigenvalue weighted by Crippen LogP contribution is -2.39. The van der Waals surface area contributed by atoms with Crippen LogP contribution in [0.25, 0.3) is 0 Å². The Bertz CT molecular complexity index is 723. The first-order chi connectivity index (χ1) is 12.0. The number of nitrogens with zero attached hydrogens (tertiary/aromatic N) is 1. The summed E-state index contributed by atoms with van der Waals surface area (Å²) in [6.07, 6.45) is -0.0373. The van der Waals surface area contributed by atoms with Gasteiger partial charge in [0.1, 0.15) is 0 Å². The van der Waals surface area contributed by atoms with Gasteiger partial charge >= 0.3 is 5.97 Å². The van der Waals surface area contributed by atoms with E-state index in [1.54, 1.807) is 24.3 Å². The summed E-state index contributed by atoms with van der Waals surface area (Å²) < 4.78 is 0. The minimum Gasteiger partial charge on any atom is -0.481 e. The van der Waals surface area contributed by atoms with Gasteiger partial charge in [0, 0.05) is 6.04 Å². The largest absolute Gasteiger partial charge is 0.481 e. The van der Waals surface area contributed by atoms with Crippen LogP contribution in [-0.2, 0) is 17.6 Å². The molecule has 25 heavy (non-hydrogen) atoms. The Labute approximate surface area is 147 Å². The highest BCUT2D eigenvalue weighted by Crippen LogP contribution is 2.18. The number of carboxylic acids is 1. The summed E-state index contributed by atoms with van der Waals surface area (Å²) in [7, 11) is 0. The summed E-state index contributed by atoms with van der Waals surface area (Å²) in [5, 5.41) is 28.6. The van der Waals surface area contributed by atoms with Crippen molar-refractivity contribution < 1.29 is 15.0 Å². The number of hydrogen-bond acceptors (Lipinski definition) is 4. The van der Waals surface area contributed by atoms with Gasteiger partial charge < -0.3 is 15.9 Å². The van der Waals surface area contributed by atoms with Crippen LogP contribution in [0.1, 0.15) is 23.1 Å². The van der Waals surface area contributed by atoms with Crippen molar-refractivity contribution in [1.82, 2.24) is 0 Å². The second-order valence-corrected chi connectivity index (χ2v) is 6.20. The van der Waals surface area contributed by atoms with Crippen molar-refractivity contribution in [3.05, 3.63) is 71.3 Å². The average molecular weight is 338 g/mol.